The van der Waals surface area contributed by atoms with Crippen molar-refractivity contribution in [3.05, 3.63) is 62.0 Å². The van der Waals surface area contributed by atoms with Crippen LogP contribution in [0.5, 0.6) is 5.75 Å². The molecule has 2 rings (SSSR count). The number of halogens is 3. The predicted octanol–water partition coefficient (Wildman–Crippen LogP) is 5.07. The van der Waals surface area contributed by atoms with E-state index in [4.69, 9.17) is 27.9 Å². The molecule has 0 heterocycles. The van der Waals surface area contributed by atoms with E-state index in [1.165, 1.54) is 0 Å². The van der Waals surface area contributed by atoms with Gasteiger partial charge >= 0.3 is 0 Å². The Morgan fingerprint density at radius 2 is 1.85 bits per heavy atom. The van der Waals surface area contributed by atoms with Crippen LogP contribution in [0.1, 0.15) is 17.2 Å². The molecule has 0 aromatic heterocycles. The van der Waals surface area contributed by atoms with Crippen molar-refractivity contribution in [2.24, 2.45) is 0 Å². The molecule has 0 aliphatic rings. The molecule has 0 saturated carbocycles. The molecule has 0 bridgehead atoms. The predicted molar refractivity (Wildman–Crippen MR) is 88.1 cm³/mol. The van der Waals surface area contributed by atoms with Gasteiger partial charge < -0.3 is 10.1 Å². The summed E-state index contributed by atoms with van der Waals surface area (Å²) in [5.74, 6) is 0.810. The van der Waals surface area contributed by atoms with Gasteiger partial charge in [0.25, 0.3) is 0 Å². The molecule has 1 atom stereocenters. The SMILES string of the molecule is CNC(c1ccc(Cl)c(Cl)c1)c1ccc(Br)cc1OC. The number of methoxy groups -OCH3 is 1. The second-order valence-corrected chi connectivity index (χ2v) is 6.01. The number of hydrogen-bond acceptors (Lipinski definition) is 2. The number of nitrogens with one attached hydrogen (secondary N) is 1. The molecule has 0 aliphatic heterocycles. The monoisotopic (exact) mass is 373 g/mol. The lowest BCUT2D eigenvalue weighted by atomic mass is 9.98. The highest BCUT2D eigenvalue weighted by Crippen LogP contribution is 2.34. The minimum atomic E-state index is -0.0205. The van der Waals surface area contributed by atoms with Crippen LogP contribution < -0.4 is 10.1 Å². The van der Waals surface area contributed by atoms with E-state index in [9.17, 15) is 0 Å². The number of hydrogen-bond donors (Lipinski definition) is 1. The summed E-state index contributed by atoms with van der Waals surface area (Å²) in [4.78, 5) is 0. The van der Waals surface area contributed by atoms with E-state index in [0.717, 1.165) is 21.3 Å². The fraction of sp³-hybridized carbons (Fsp3) is 0.200. The van der Waals surface area contributed by atoms with Crippen LogP contribution >= 0.6 is 39.1 Å². The number of ether oxygens (including phenoxy) is 1. The summed E-state index contributed by atoms with van der Waals surface area (Å²) < 4.78 is 6.43. The van der Waals surface area contributed by atoms with Crippen LogP contribution in [-0.2, 0) is 0 Å². The summed E-state index contributed by atoms with van der Waals surface area (Å²) in [5.41, 5.74) is 2.07. The van der Waals surface area contributed by atoms with Gasteiger partial charge in [0.15, 0.2) is 0 Å². The highest BCUT2D eigenvalue weighted by Gasteiger charge is 2.17. The quantitative estimate of drug-likeness (QED) is 0.806. The third-order valence-electron chi connectivity index (χ3n) is 3.07. The van der Waals surface area contributed by atoms with Gasteiger partial charge in [0.2, 0.25) is 0 Å². The first-order chi connectivity index (χ1) is 9.56. The highest BCUT2D eigenvalue weighted by molar-refractivity contribution is 9.10. The highest BCUT2D eigenvalue weighted by atomic mass is 79.9. The van der Waals surface area contributed by atoms with Gasteiger partial charge in [0.1, 0.15) is 5.75 Å². The Morgan fingerprint density at radius 1 is 1.10 bits per heavy atom. The smallest absolute Gasteiger partial charge is 0.125 e. The summed E-state index contributed by atoms with van der Waals surface area (Å²) >= 11 is 15.5. The topological polar surface area (TPSA) is 21.3 Å². The second-order valence-electron chi connectivity index (χ2n) is 4.28. The van der Waals surface area contributed by atoms with Gasteiger partial charge in [-0.25, -0.2) is 0 Å². The van der Waals surface area contributed by atoms with Crippen molar-refractivity contribution in [1.82, 2.24) is 5.32 Å². The van der Waals surface area contributed by atoms with Crippen LogP contribution in [0.25, 0.3) is 0 Å². The zero-order chi connectivity index (χ0) is 14.7. The molecular formula is C15H14BrCl2NO. The van der Waals surface area contributed by atoms with Crippen molar-refractivity contribution in [3.63, 3.8) is 0 Å². The molecule has 0 fully saturated rings. The van der Waals surface area contributed by atoms with Crippen LogP contribution in [0, 0.1) is 0 Å². The third kappa shape index (κ3) is 3.29. The van der Waals surface area contributed by atoms with Crippen LogP contribution in [0.2, 0.25) is 10.0 Å². The third-order valence-corrected chi connectivity index (χ3v) is 4.30. The van der Waals surface area contributed by atoms with Gasteiger partial charge in [-0.3, -0.25) is 0 Å². The second kappa shape index (κ2) is 6.81. The fourth-order valence-electron chi connectivity index (χ4n) is 2.12. The molecule has 2 aromatic carbocycles. The maximum Gasteiger partial charge on any atom is 0.125 e. The van der Waals surface area contributed by atoms with Crippen LogP contribution in [0.15, 0.2) is 40.9 Å². The van der Waals surface area contributed by atoms with Crippen LogP contribution in [0.4, 0.5) is 0 Å². The first kappa shape index (κ1) is 15.6. The first-order valence-electron chi connectivity index (χ1n) is 6.02. The van der Waals surface area contributed by atoms with E-state index in [0.29, 0.717) is 10.0 Å². The Hall–Kier alpha value is -0.740. The minimum Gasteiger partial charge on any atom is -0.496 e. The first-order valence-corrected chi connectivity index (χ1v) is 7.57. The van der Waals surface area contributed by atoms with Crippen molar-refractivity contribution in [2.45, 2.75) is 6.04 Å². The van der Waals surface area contributed by atoms with E-state index in [1.54, 1.807) is 13.2 Å². The minimum absolute atomic E-state index is 0.0205. The normalized spacial score (nSPS) is 12.2. The number of rotatable bonds is 4. The van der Waals surface area contributed by atoms with E-state index < -0.39 is 0 Å². The van der Waals surface area contributed by atoms with Crippen molar-refractivity contribution < 1.29 is 4.74 Å². The molecule has 5 heteroatoms. The average molecular weight is 375 g/mol. The van der Waals surface area contributed by atoms with E-state index >= 15 is 0 Å². The van der Waals surface area contributed by atoms with Gasteiger partial charge in [-0.2, -0.15) is 0 Å². The summed E-state index contributed by atoms with van der Waals surface area (Å²) in [7, 11) is 3.56. The van der Waals surface area contributed by atoms with Crippen molar-refractivity contribution >= 4 is 39.1 Å². The number of benzene rings is 2. The lowest BCUT2D eigenvalue weighted by molar-refractivity contribution is 0.405. The maximum atomic E-state index is 6.10. The van der Waals surface area contributed by atoms with Crippen molar-refractivity contribution in [1.29, 1.82) is 0 Å². The molecular weight excluding hydrogens is 361 g/mol. The Morgan fingerprint density at radius 3 is 2.45 bits per heavy atom. The summed E-state index contributed by atoms with van der Waals surface area (Å²) in [6, 6.07) is 11.6. The average Bonchev–Trinajstić information content (AvgIpc) is 2.44. The maximum absolute atomic E-state index is 6.10. The molecule has 0 amide bonds. The molecule has 20 heavy (non-hydrogen) atoms. The lowest BCUT2D eigenvalue weighted by Crippen LogP contribution is -2.18. The Bertz CT molecular complexity index is 619. The Balaban J connectivity index is 2.49. The van der Waals surface area contributed by atoms with Gasteiger partial charge in [-0.15, -0.1) is 0 Å². The van der Waals surface area contributed by atoms with Gasteiger partial charge in [0.05, 0.1) is 23.2 Å². The standard InChI is InChI=1S/C15H14BrCl2NO/c1-19-15(9-3-6-12(17)13(18)7-9)11-5-4-10(16)8-14(11)20-2/h3-8,15,19H,1-2H3. The Kier molecular flexibility index (Phi) is 5.33. The molecule has 2 nitrogen and oxygen atoms in total. The van der Waals surface area contributed by atoms with Gasteiger partial charge in [-0.05, 0) is 36.9 Å². The Labute approximate surface area is 137 Å². The van der Waals surface area contributed by atoms with Gasteiger partial charge in [0, 0.05) is 10.0 Å². The fourth-order valence-corrected chi connectivity index (χ4v) is 2.76. The molecule has 0 spiro atoms. The van der Waals surface area contributed by atoms with Gasteiger partial charge in [-0.1, -0.05) is 51.3 Å². The molecule has 2 aromatic rings. The van der Waals surface area contributed by atoms with Crippen LogP contribution in [-0.4, -0.2) is 14.2 Å². The molecule has 106 valence electrons. The van der Waals surface area contributed by atoms with Crippen molar-refractivity contribution in [2.75, 3.05) is 14.2 Å². The molecule has 0 radical (unpaired) electrons. The van der Waals surface area contributed by atoms with Crippen LogP contribution in [0.3, 0.4) is 0 Å². The summed E-state index contributed by atoms with van der Waals surface area (Å²) in [5, 5.41) is 4.37. The largest absolute Gasteiger partial charge is 0.496 e. The van der Waals surface area contributed by atoms with E-state index in [-0.39, 0.29) is 6.04 Å². The lowest BCUT2D eigenvalue weighted by Gasteiger charge is -2.20. The molecule has 0 aliphatic carbocycles. The van der Waals surface area contributed by atoms with E-state index in [2.05, 4.69) is 21.2 Å². The summed E-state index contributed by atoms with van der Waals surface area (Å²) in [6.45, 7) is 0. The summed E-state index contributed by atoms with van der Waals surface area (Å²) in [6.07, 6.45) is 0. The van der Waals surface area contributed by atoms with Crippen molar-refractivity contribution in [3.8, 4) is 5.75 Å². The molecule has 1 N–H and O–H groups in total. The zero-order valence-corrected chi connectivity index (χ0v) is 14.2. The van der Waals surface area contributed by atoms with E-state index in [1.807, 2.05) is 37.4 Å². The zero-order valence-electron chi connectivity index (χ0n) is 11.1. The molecule has 0 saturated heterocycles. The molecule has 1 unspecified atom stereocenters.